The fraction of sp³-hybridized carbons (Fsp3) is 0.548. The molecule has 1 unspecified atom stereocenters. The summed E-state index contributed by atoms with van der Waals surface area (Å²) < 4.78 is 16.3. The molecule has 4 amide bonds. The highest BCUT2D eigenvalue weighted by Gasteiger charge is 2.35. The molecule has 1 atom stereocenters. The number of ether oxygens (including phenoxy) is 3. The highest BCUT2D eigenvalue weighted by molar-refractivity contribution is 5.99. The van der Waals surface area contributed by atoms with E-state index in [2.05, 4.69) is 10.3 Å². The van der Waals surface area contributed by atoms with Gasteiger partial charge in [-0.2, -0.15) is 0 Å². The van der Waals surface area contributed by atoms with Gasteiger partial charge in [0, 0.05) is 44.2 Å². The lowest BCUT2D eigenvalue weighted by molar-refractivity contribution is -0.153. The molecule has 0 aliphatic carbocycles. The Kier molecular flexibility index (Phi) is 11.3. The van der Waals surface area contributed by atoms with Gasteiger partial charge in [-0.25, -0.2) is 14.6 Å². The lowest BCUT2D eigenvalue weighted by Gasteiger charge is -2.34. The van der Waals surface area contributed by atoms with E-state index in [9.17, 15) is 24.0 Å². The summed E-state index contributed by atoms with van der Waals surface area (Å²) in [5.41, 5.74) is 1.45. The van der Waals surface area contributed by atoms with Gasteiger partial charge < -0.3 is 34.2 Å². The molecular weight excluding hydrogens is 570 g/mol. The van der Waals surface area contributed by atoms with E-state index in [0.29, 0.717) is 63.1 Å². The van der Waals surface area contributed by atoms with Crippen LogP contribution >= 0.6 is 0 Å². The van der Waals surface area contributed by atoms with Crippen LogP contribution in [0, 0.1) is 6.92 Å². The van der Waals surface area contributed by atoms with Gasteiger partial charge in [-0.15, -0.1) is 0 Å². The summed E-state index contributed by atoms with van der Waals surface area (Å²) in [6, 6.07) is 6.29. The van der Waals surface area contributed by atoms with Crippen molar-refractivity contribution in [2.24, 2.45) is 0 Å². The van der Waals surface area contributed by atoms with Crippen LogP contribution in [0.4, 0.5) is 4.79 Å². The predicted octanol–water partition coefficient (Wildman–Crippen LogP) is 2.29. The minimum absolute atomic E-state index is 0.0311. The molecule has 0 spiro atoms. The number of benzene rings is 1. The standard InChI is InChI=1S/C31H41N5O8/c1-4-6-16-43-31(41)35-14-12-34(13-15-35)27(37)19-32-29(39)24-18-26(22-10-9-21(3)17-23(22)33-24)44-20-28(38)36-11-7-8-25(36)30(40)42-5-2/h9-10,17-18,25H,4-8,11-16,19-20H2,1-3H3,(H,32,39). The van der Waals surface area contributed by atoms with Crippen molar-refractivity contribution in [1.82, 2.24) is 25.0 Å². The van der Waals surface area contributed by atoms with Crippen molar-refractivity contribution in [3.63, 3.8) is 0 Å². The molecule has 13 nitrogen and oxygen atoms in total. The highest BCUT2D eigenvalue weighted by atomic mass is 16.6. The Hall–Kier alpha value is -4.42. The van der Waals surface area contributed by atoms with Crippen LogP contribution in [0.2, 0.25) is 0 Å². The van der Waals surface area contributed by atoms with E-state index in [0.717, 1.165) is 18.4 Å². The number of nitrogens with zero attached hydrogens (tertiary/aromatic N) is 4. The van der Waals surface area contributed by atoms with Gasteiger partial charge in [-0.1, -0.05) is 19.4 Å². The molecule has 2 fully saturated rings. The second-order valence-electron chi connectivity index (χ2n) is 10.8. The van der Waals surface area contributed by atoms with Gasteiger partial charge in [0.15, 0.2) is 6.61 Å². The summed E-state index contributed by atoms with van der Waals surface area (Å²) >= 11 is 0. The van der Waals surface area contributed by atoms with E-state index in [1.54, 1.807) is 28.9 Å². The number of carbonyl (C=O) groups is 5. The fourth-order valence-electron chi connectivity index (χ4n) is 5.21. The zero-order chi connectivity index (χ0) is 31.6. The maximum Gasteiger partial charge on any atom is 0.409 e. The number of hydrogen-bond acceptors (Lipinski definition) is 9. The number of pyridine rings is 1. The minimum atomic E-state index is -0.635. The zero-order valence-corrected chi connectivity index (χ0v) is 25.6. The molecule has 3 heterocycles. The number of esters is 1. The van der Waals surface area contributed by atoms with Crippen molar-refractivity contribution in [2.75, 3.05) is 59.1 Å². The van der Waals surface area contributed by atoms with Crippen LogP contribution in [0.1, 0.15) is 55.6 Å². The molecule has 1 aromatic carbocycles. The third kappa shape index (κ3) is 8.14. The van der Waals surface area contributed by atoms with Gasteiger partial charge in [-0.3, -0.25) is 14.4 Å². The van der Waals surface area contributed by atoms with Crippen LogP contribution in [0.15, 0.2) is 24.3 Å². The third-order valence-electron chi connectivity index (χ3n) is 7.66. The summed E-state index contributed by atoms with van der Waals surface area (Å²) in [6.07, 6.45) is 2.58. The Bertz CT molecular complexity index is 1370. The van der Waals surface area contributed by atoms with Crippen molar-refractivity contribution in [3.05, 3.63) is 35.5 Å². The van der Waals surface area contributed by atoms with Crippen LogP contribution in [0.3, 0.4) is 0 Å². The van der Waals surface area contributed by atoms with Gasteiger partial charge in [0.05, 0.1) is 25.3 Å². The molecular formula is C31H41N5O8. The van der Waals surface area contributed by atoms with Crippen molar-refractivity contribution in [1.29, 1.82) is 0 Å². The minimum Gasteiger partial charge on any atom is -0.483 e. The molecule has 238 valence electrons. The maximum absolute atomic E-state index is 13.1. The molecule has 44 heavy (non-hydrogen) atoms. The highest BCUT2D eigenvalue weighted by Crippen LogP contribution is 2.27. The lowest BCUT2D eigenvalue weighted by Crippen LogP contribution is -2.52. The van der Waals surface area contributed by atoms with Gasteiger partial charge in [-0.05, 0) is 50.8 Å². The lowest BCUT2D eigenvalue weighted by atomic mass is 10.1. The number of nitrogens with one attached hydrogen (secondary N) is 1. The summed E-state index contributed by atoms with van der Waals surface area (Å²) in [6.45, 7) is 7.48. The monoisotopic (exact) mass is 611 g/mol. The largest absolute Gasteiger partial charge is 0.483 e. The number of hydrogen-bond donors (Lipinski definition) is 1. The van der Waals surface area contributed by atoms with E-state index in [-0.39, 0.29) is 49.1 Å². The number of amides is 4. The number of fused-ring (bicyclic) bond motifs is 1. The quantitative estimate of drug-likeness (QED) is 0.299. The van der Waals surface area contributed by atoms with Crippen LogP contribution in [0.5, 0.6) is 5.75 Å². The number of likely N-dealkylation sites (tertiary alicyclic amines) is 1. The molecule has 1 N–H and O–H groups in total. The second kappa shape index (κ2) is 15.3. The van der Waals surface area contributed by atoms with E-state index in [4.69, 9.17) is 14.2 Å². The van der Waals surface area contributed by atoms with Crippen molar-refractivity contribution >= 4 is 40.7 Å². The van der Waals surface area contributed by atoms with Crippen LogP contribution in [0.25, 0.3) is 10.9 Å². The summed E-state index contributed by atoms with van der Waals surface area (Å²) in [4.78, 5) is 72.5. The fourth-order valence-corrected chi connectivity index (χ4v) is 5.21. The van der Waals surface area contributed by atoms with E-state index < -0.39 is 17.9 Å². The molecule has 2 saturated heterocycles. The van der Waals surface area contributed by atoms with Crippen LogP contribution < -0.4 is 10.1 Å². The summed E-state index contributed by atoms with van der Waals surface area (Å²) in [7, 11) is 0. The first-order valence-electron chi connectivity index (χ1n) is 15.2. The molecule has 0 saturated carbocycles. The topological polar surface area (TPSA) is 148 Å². The third-order valence-corrected chi connectivity index (χ3v) is 7.66. The average molecular weight is 612 g/mol. The molecule has 4 rings (SSSR count). The predicted molar refractivity (Wildman–Crippen MR) is 160 cm³/mol. The first-order valence-corrected chi connectivity index (χ1v) is 15.2. The van der Waals surface area contributed by atoms with Gasteiger partial charge >= 0.3 is 12.1 Å². The molecule has 2 aliphatic heterocycles. The zero-order valence-electron chi connectivity index (χ0n) is 25.6. The van der Waals surface area contributed by atoms with Crippen LogP contribution in [-0.2, 0) is 23.9 Å². The number of aryl methyl sites for hydroxylation is 1. The molecule has 2 aliphatic rings. The van der Waals surface area contributed by atoms with Gasteiger partial charge in [0.1, 0.15) is 17.5 Å². The number of aromatic nitrogens is 1. The number of piperazine rings is 1. The molecule has 13 heteroatoms. The van der Waals surface area contributed by atoms with E-state index in [1.165, 1.54) is 11.0 Å². The van der Waals surface area contributed by atoms with E-state index in [1.807, 2.05) is 19.9 Å². The molecule has 1 aromatic heterocycles. The Morgan fingerprint density at radius 2 is 1.70 bits per heavy atom. The van der Waals surface area contributed by atoms with Crippen molar-refractivity contribution < 1.29 is 38.2 Å². The smallest absolute Gasteiger partial charge is 0.409 e. The normalized spacial score (nSPS) is 16.5. The SMILES string of the molecule is CCCCOC(=O)N1CCN(C(=O)CNC(=O)c2cc(OCC(=O)N3CCCC3C(=O)OCC)c3ccc(C)cc3n2)CC1. The van der Waals surface area contributed by atoms with Gasteiger partial charge in [0.25, 0.3) is 11.8 Å². The first kappa shape index (κ1) is 32.5. The molecule has 2 aromatic rings. The Morgan fingerprint density at radius 3 is 2.43 bits per heavy atom. The van der Waals surface area contributed by atoms with E-state index >= 15 is 0 Å². The number of carbonyl (C=O) groups excluding carboxylic acids is 5. The Balaban J connectivity index is 1.36. The number of unbranched alkanes of at least 4 members (excludes halogenated alkanes) is 1. The van der Waals surface area contributed by atoms with Crippen molar-refractivity contribution in [3.8, 4) is 5.75 Å². The number of rotatable bonds is 11. The molecule has 0 radical (unpaired) electrons. The first-order chi connectivity index (χ1) is 21.2. The second-order valence-corrected chi connectivity index (χ2v) is 10.8. The van der Waals surface area contributed by atoms with Gasteiger partial charge in [0.2, 0.25) is 5.91 Å². The molecule has 0 bridgehead atoms. The summed E-state index contributed by atoms with van der Waals surface area (Å²) in [5.74, 6) is -1.35. The maximum atomic E-state index is 13.1. The van der Waals surface area contributed by atoms with Crippen LogP contribution in [-0.4, -0.2) is 115 Å². The Morgan fingerprint density at radius 1 is 0.955 bits per heavy atom. The average Bonchev–Trinajstić information content (AvgIpc) is 3.52. The summed E-state index contributed by atoms with van der Waals surface area (Å²) in [5, 5.41) is 3.25. The van der Waals surface area contributed by atoms with Crippen molar-refractivity contribution in [2.45, 2.75) is 52.5 Å². The Labute approximate surface area is 256 Å².